The van der Waals surface area contributed by atoms with Crippen LogP contribution in [0.5, 0.6) is 0 Å². The van der Waals surface area contributed by atoms with Gasteiger partial charge in [0, 0.05) is 67.8 Å². The molecular weight excluding hydrogens is 711 g/mol. The third-order valence-electron chi connectivity index (χ3n) is 11.0. The molecule has 4 heterocycles. The average molecular weight is 740 g/mol. The second-order valence-corrected chi connectivity index (χ2v) is 16.2. The maximum Gasteiger partial charge on any atom is 0.160 e. The summed E-state index contributed by atoms with van der Waals surface area (Å²) in [5.74, 6) is 1.46. The van der Waals surface area contributed by atoms with E-state index < -0.39 is 6.17 Å². The first-order valence-corrected chi connectivity index (χ1v) is 20.1. The molecule has 1 aliphatic rings. The number of hydrogen-bond donors (Lipinski definition) is 1. The Kier molecular flexibility index (Phi) is 6.70. The lowest BCUT2D eigenvalue weighted by atomic mass is 9.91. The van der Waals surface area contributed by atoms with Gasteiger partial charge in [-0.05, 0) is 70.4 Å². The number of furan rings is 1. The lowest BCUT2D eigenvalue weighted by molar-refractivity contribution is 0.668. The van der Waals surface area contributed by atoms with E-state index >= 15 is 0 Å². The highest BCUT2D eigenvalue weighted by atomic mass is 32.1. The Balaban J connectivity index is 1.19. The van der Waals surface area contributed by atoms with E-state index in [0.29, 0.717) is 5.84 Å². The minimum atomic E-state index is -0.408. The molecule has 0 aliphatic carbocycles. The van der Waals surface area contributed by atoms with E-state index in [2.05, 4.69) is 157 Å². The first-order chi connectivity index (χ1) is 27.2. The van der Waals surface area contributed by atoms with Gasteiger partial charge >= 0.3 is 0 Å². The molecule has 0 saturated heterocycles. The number of fused-ring (bicyclic) bond motifs is 10. The van der Waals surface area contributed by atoms with E-state index in [9.17, 15) is 0 Å². The van der Waals surface area contributed by atoms with Crippen molar-refractivity contribution < 1.29 is 4.42 Å². The van der Waals surface area contributed by atoms with Crippen LogP contribution in [-0.4, -0.2) is 11.7 Å². The molecule has 0 amide bonds. The van der Waals surface area contributed by atoms with Gasteiger partial charge < -0.3 is 9.73 Å². The minimum Gasteiger partial charge on any atom is -0.456 e. The van der Waals surface area contributed by atoms with Gasteiger partial charge in [-0.1, -0.05) is 115 Å². The molecule has 1 aliphatic heterocycles. The SMILES string of the molecule is c1ccc2cc(C3=NC(c4c(-c5cccc6sc7ccccc7c56)ccc5oc6ccccc6c45)=NC(c4cccc5sc6ccccc6c45)N3)ccc2c1. The smallest absolute Gasteiger partial charge is 0.160 e. The number of para-hydroxylation sites is 1. The molecular formula is C49H29N3OS2. The number of aliphatic imine (C=N–C) groups is 2. The van der Waals surface area contributed by atoms with Gasteiger partial charge in [0.15, 0.2) is 5.84 Å². The second-order valence-electron chi connectivity index (χ2n) is 14.1. The van der Waals surface area contributed by atoms with Gasteiger partial charge in [0.2, 0.25) is 0 Å². The highest BCUT2D eigenvalue weighted by molar-refractivity contribution is 7.26. The molecule has 258 valence electrons. The van der Waals surface area contributed by atoms with E-state index in [4.69, 9.17) is 14.4 Å². The zero-order valence-corrected chi connectivity index (χ0v) is 30.9. The van der Waals surface area contributed by atoms with Crippen molar-refractivity contribution in [2.45, 2.75) is 6.17 Å². The zero-order chi connectivity index (χ0) is 36.0. The van der Waals surface area contributed by atoms with Crippen molar-refractivity contribution in [3.8, 4) is 11.1 Å². The number of thiophene rings is 2. The molecule has 1 atom stereocenters. The monoisotopic (exact) mass is 739 g/mol. The van der Waals surface area contributed by atoms with Crippen LogP contribution in [0.15, 0.2) is 178 Å². The maximum absolute atomic E-state index is 6.57. The maximum atomic E-state index is 6.57. The van der Waals surface area contributed by atoms with Gasteiger partial charge in [0.1, 0.15) is 23.2 Å². The van der Waals surface area contributed by atoms with Crippen molar-refractivity contribution in [2.24, 2.45) is 9.98 Å². The molecule has 11 aromatic rings. The summed E-state index contributed by atoms with van der Waals surface area (Å²) in [5, 5.41) is 13.2. The molecule has 0 saturated carbocycles. The Morgan fingerprint density at radius 1 is 0.491 bits per heavy atom. The minimum absolute atomic E-state index is 0.408. The Morgan fingerprint density at radius 2 is 1.16 bits per heavy atom. The van der Waals surface area contributed by atoms with Crippen LogP contribution in [0, 0.1) is 0 Å². The molecule has 3 aromatic heterocycles. The predicted octanol–water partition coefficient (Wildman–Crippen LogP) is 13.6. The predicted molar refractivity (Wildman–Crippen MR) is 234 cm³/mol. The molecule has 0 spiro atoms. The molecule has 0 bridgehead atoms. The highest BCUT2D eigenvalue weighted by Gasteiger charge is 2.28. The number of benzene rings is 8. The zero-order valence-electron chi connectivity index (χ0n) is 29.3. The van der Waals surface area contributed by atoms with Crippen LogP contribution in [0.25, 0.3) is 84.2 Å². The van der Waals surface area contributed by atoms with Crippen LogP contribution in [0.1, 0.15) is 22.9 Å². The first-order valence-electron chi connectivity index (χ1n) is 18.4. The van der Waals surface area contributed by atoms with Crippen LogP contribution < -0.4 is 5.32 Å². The lowest BCUT2D eigenvalue weighted by Gasteiger charge is -2.25. The standard InChI is InChI=1S/C49H29N3OS2/c1-2-12-29-27-30(24-23-28(29)11-1)47-50-48(36-17-10-22-42-44(36)35-15-5-8-20-40(35)55-42)52-49(51-47)46-32(25-26-38-45(46)33-13-3-6-18-37(33)53-38)31-16-9-21-41-43(31)34-14-4-7-19-39(34)54-41/h1-27,48H,(H,50,51,52). The number of amidine groups is 2. The molecule has 6 heteroatoms. The van der Waals surface area contributed by atoms with Crippen LogP contribution in [0.2, 0.25) is 0 Å². The summed E-state index contributed by atoms with van der Waals surface area (Å²) in [6.07, 6.45) is -0.408. The second kappa shape index (κ2) is 12.0. The van der Waals surface area contributed by atoms with Gasteiger partial charge in [-0.2, -0.15) is 0 Å². The topological polar surface area (TPSA) is 49.9 Å². The van der Waals surface area contributed by atoms with Crippen LogP contribution in [-0.2, 0) is 0 Å². The molecule has 1 N–H and O–H groups in total. The van der Waals surface area contributed by atoms with Crippen LogP contribution >= 0.6 is 22.7 Å². The average Bonchev–Trinajstić information content (AvgIpc) is 3.94. The number of hydrogen-bond acceptors (Lipinski definition) is 6. The molecule has 1 unspecified atom stereocenters. The highest BCUT2D eigenvalue weighted by Crippen LogP contribution is 2.45. The summed E-state index contributed by atoms with van der Waals surface area (Å²) in [5.41, 5.74) is 6.99. The molecule has 8 aromatic carbocycles. The van der Waals surface area contributed by atoms with E-state index in [1.165, 1.54) is 45.7 Å². The van der Waals surface area contributed by atoms with Crippen molar-refractivity contribution in [1.29, 1.82) is 0 Å². The van der Waals surface area contributed by atoms with Crippen molar-refractivity contribution >= 4 is 107 Å². The summed E-state index contributed by atoms with van der Waals surface area (Å²) in [6, 6.07) is 58.3. The van der Waals surface area contributed by atoms with Gasteiger partial charge in [0.05, 0.1) is 0 Å². The quantitative estimate of drug-likeness (QED) is 0.195. The number of nitrogens with zero attached hydrogens (tertiary/aromatic N) is 2. The molecule has 12 rings (SSSR count). The van der Waals surface area contributed by atoms with E-state index in [-0.39, 0.29) is 0 Å². The van der Waals surface area contributed by atoms with Crippen molar-refractivity contribution in [1.82, 2.24) is 5.32 Å². The largest absolute Gasteiger partial charge is 0.456 e. The summed E-state index contributed by atoms with van der Waals surface area (Å²) in [7, 11) is 0. The van der Waals surface area contributed by atoms with Crippen LogP contribution in [0.3, 0.4) is 0 Å². The third kappa shape index (κ3) is 4.75. The normalized spacial score (nSPS) is 14.7. The summed E-state index contributed by atoms with van der Waals surface area (Å²) in [4.78, 5) is 11.1. The third-order valence-corrected chi connectivity index (χ3v) is 13.2. The molecule has 0 radical (unpaired) electrons. The van der Waals surface area contributed by atoms with Crippen molar-refractivity contribution in [2.75, 3.05) is 0 Å². The Bertz CT molecular complexity index is 3440. The Labute approximate surface area is 323 Å². The molecule has 4 nitrogen and oxygen atoms in total. The summed E-state index contributed by atoms with van der Waals surface area (Å²) < 4.78 is 11.6. The fraction of sp³-hybridized carbons (Fsp3) is 0.0204. The first kappa shape index (κ1) is 30.8. The Morgan fingerprint density at radius 3 is 2.00 bits per heavy atom. The molecule has 0 fully saturated rings. The van der Waals surface area contributed by atoms with E-state index in [0.717, 1.165) is 61.0 Å². The fourth-order valence-corrected chi connectivity index (χ4v) is 10.8. The van der Waals surface area contributed by atoms with Gasteiger partial charge in [-0.3, -0.25) is 0 Å². The van der Waals surface area contributed by atoms with Gasteiger partial charge in [-0.25, -0.2) is 9.98 Å². The van der Waals surface area contributed by atoms with E-state index in [1.54, 1.807) is 0 Å². The van der Waals surface area contributed by atoms with E-state index in [1.807, 2.05) is 34.8 Å². The van der Waals surface area contributed by atoms with Gasteiger partial charge in [-0.15, -0.1) is 22.7 Å². The summed E-state index contributed by atoms with van der Waals surface area (Å²) >= 11 is 3.66. The van der Waals surface area contributed by atoms with Gasteiger partial charge in [0.25, 0.3) is 0 Å². The van der Waals surface area contributed by atoms with Crippen LogP contribution in [0.4, 0.5) is 0 Å². The number of nitrogens with one attached hydrogen (secondary N) is 1. The van der Waals surface area contributed by atoms with Crippen molar-refractivity contribution in [3.05, 3.63) is 180 Å². The lowest BCUT2D eigenvalue weighted by Crippen LogP contribution is -2.33. The fourth-order valence-electron chi connectivity index (χ4n) is 8.51. The summed E-state index contributed by atoms with van der Waals surface area (Å²) in [6.45, 7) is 0. The number of rotatable bonds is 4. The Hall–Kier alpha value is -6.60. The van der Waals surface area contributed by atoms with Crippen molar-refractivity contribution in [3.63, 3.8) is 0 Å². The molecule has 55 heavy (non-hydrogen) atoms.